The van der Waals surface area contributed by atoms with Crippen molar-refractivity contribution in [3.05, 3.63) is 28.7 Å². The van der Waals surface area contributed by atoms with Gasteiger partial charge in [-0.3, -0.25) is 4.90 Å². The predicted octanol–water partition coefficient (Wildman–Crippen LogP) is 2.76. The Bertz CT molecular complexity index is 381. The number of hydrogen-bond acceptors (Lipinski definition) is 1. The zero-order valence-corrected chi connectivity index (χ0v) is 10.1. The zero-order valence-electron chi connectivity index (χ0n) is 8.53. The van der Waals surface area contributed by atoms with Gasteiger partial charge in [0.15, 0.2) is 0 Å². The Morgan fingerprint density at radius 1 is 1.47 bits per heavy atom. The van der Waals surface area contributed by atoms with Crippen molar-refractivity contribution in [3.8, 4) is 0 Å². The van der Waals surface area contributed by atoms with Crippen molar-refractivity contribution in [1.82, 2.24) is 5.32 Å². The molecule has 1 unspecified atom stereocenters. The topological polar surface area (TPSA) is 32.3 Å². The average Bonchev–Trinajstić information content (AvgIpc) is 2.20. The Hall–Kier alpha value is -1.03. The minimum atomic E-state index is -0.0133. The van der Waals surface area contributed by atoms with Crippen LogP contribution in [0.4, 0.5) is 10.5 Å². The van der Waals surface area contributed by atoms with E-state index in [-0.39, 0.29) is 12.1 Å². The zero-order chi connectivity index (χ0) is 10.8. The molecule has 0 spiro atoms. The highest BCUT2D eigenvalue weighted by atomic mass is 79.9. The third-order valence-electron chi connectivity index (χ3n) is 2.61. The van der Waals surface area contributed by atoms with E-state index in [0.29, 0.717) is 0 Å². The van der Waals surface area contributed by atoms with Gasteiger partial charge < -0.3 is 5.32 Å². The lowest BCUT2D eigenvalue weighted by atomic mass is 10.1. The Morgan fingerprint density at radius 2 is 2.20 bits per heavy atom. The second kappa shape index (κ2) is 4.23. The molecule has 1 fully saturated rings. The van der Waals surface area contributed by atoms with Gasteiger partial charge in [-0.05, 0) is 41.4 Å². The number of benzene rings is 1. The first kappa shape index (κ1) is 10.5. The van der Waals surface area contributed by atoms with Gasteiger partial charge in [-0.25, -0.2) is 4.79 Å². The number of rotatable bonds is 1. The largest absolute Gasteiger partial charge is 0.338 e. The van der Waals surface area contributed by atoms with E-state index in [4.69, 9.17) is 0 Å². The van der Waals surface area contributed by atoms with Gasteiger partial charge in [0, 0.05) is 17.1 Å². The Kier molecular flexibility index (Phi) is 2.95. The van der Waals surface area contributed by atoms with E-state index in [2.05, 4.69) is 28.2 Å². The number of urea groups is 1. The molecule has 0 radical (unpaired) electrons. The summed E-state index contributed by atoms with van der Waals surface area (Å²) in [6.07, 6.45) is 0.979. The van der Waals surface area contributed by atoms with Crippen molar-refractivity contribution in [2.24, 2.45) is 0 Å². The van der Waals surface area contributed by atoms with Crippen LogP contribution in [-0.2, 0) is 0 Å². The summed E-state index contributed by atoms with van der Waals surface area (Å²) >= 11 is 3.47. The fourth-order valence-corrected chi connectivity index (χ4v) is 2.27. The fourth-order valence-electron chi connectivity index (χ4n) is 1.80. The third-order valence-corrected chi connectivity index (χ3v) is 3.28. The SMILES string of the molecule is CC1CCNC(=O)N1c1ccccc1Br. The van der Waals surface area contributed by atoms with Gasteiger partial charge in [0.25, 0.3) is 0 Å². The molecule has 4 heteroatoms. The molecule has 80 valence electrons. The molecule has 1 aliphatic heterocycles. The van der Waals surface area contributed by atoms with Gasteiger partial charge in [-0.2, -0.15) is 0 Å². The first-order valence-electron chi connectivity index (χ1n) is 5.02. The number of amides is 2. The lowest BCUT2D eigenvalue weighted by molar-refractivity contribution is 0.239. The monoisotopic (exact) mass is 268 g/mol. The number of carbonyl (C=O) groups excluding carboxylic acids is 1. The number of nitrogens with one attached hydrogen (secondary N) is 1. The summed E-state index contributed by atoms with van der Waals surface area (Å²) in [5, 5.41) is 2.85. The molecule has 15 heavy (non-hydrogen) atoms. The fraction of sp³-hybridized carbons (Fsp3) is 0.364. The quantitative estimate of drug-likeness (QED) is 0.835. The summed E-state index contributed by atoms with van der Waals surface area (Å²) in [7, 11) is 0. The molecular formula is C11H13BrN2O. The first-order chi connectivity index (χ1) is 7.20. The molecule has 3 nitrogen and oxygen atoms in total. The van der Waals surface area contributed by atoms with Crippen LogP contribution in [0.5, 0.6) is 0 Å². The van der Waals surface area contributed by atoms with Crippen molar-refractivity contribution < 1.29 is 4.79 Å². The highest BCUT2D eigenvalue weighted by Crippen LogP contribution is 2.29. The van der Waals surface area contributed by atoms with Crippen LogP contribution in [-0.4, -0.2) is 18.6 Å². The molecule has 1 aliphatic rings. The van der Waals surface area contributed by atoms with Gasteiger partial charge in [0.2, 0.25) is 0 Å². The molecule has 1 atom stereocenters. The van der Waals surface area contributed by atoms with Gasteiger partial charge >= 0.3 is 6.03 Å². The third kappa shape index (κ3) is 2.00. The number of hydrogen-bond donors (Lipinski definition) is 1. The lowest BCUT2D eigenvalue weighted by Gasteiger charge is -2.34. The van der Waals surface area contributed by atoms with Crippen molar-refractivity contribution >= 4 is 27.6 Å². The maximum Gasteiger partial charge on any atom is 0.322 e. The number of halogens is 1. The van der Waals surface area contributed by atoms with Crippen LogP contribution in [0.3, 0.4) is 0 Å². The van der Waals surface area contributed by atoms with E-state index in [0.717, 1.165) is 23.1 Å². The molecule has 0 aliphatic carbocycles. The van der Waals surface area contributed by atoms with E-state index >= 15 is 0 Å². The molecule has 2 amide bonds. The molecule has 2 rings (SSSR count). The molecule has 1 saturated heterocycles. The summed E-state index contributed by atoms with van der Waals surface area (Å²) in [4.78, 5) is 13.6. The highest BCUT2D eigenvalue weighted by Gasteiger charge is 2.26. The number of carbonyl (C=O) groups is 1. The maximum absolute atomic E-state index is 11.8. The molecule has 1 heterocycles. The normalized spacial score (nSPS) is 21.3. The minimum absolute atomic E-state index is 0.0133. The second-order valence-electron chi connectivity index (χ2n) is 3.69. The summed E-state index contributed by atoms with van der Waals surface area (Å²) in [5.74, 6) is 0. The summed E-state index contributed by atoms with van der Waals surface area (Å²) < 4.78 is 0.953. The van der Waals surface area contributed by atoms with E-state index < -0.39 is 0 Å². The van der Waals surface area contributed by atoms with Crippen LogP contribution in [0.2, 0.25) is 0 Å². The Balaban J connectivity index is 2.36. The summed E-state index contributed by atoms with van der Waals surface area (Å²) in [6.45, 7) is 2.83. The lowest BCUT2D eigenvalue weighted by Crippen LogP contribution is -2.51. The van der Waals surface area contributed by atoms with Gasteiger partial charge in [-0.15, -0.1) is 0 Å². The standard InChI is InChI=1S/C11H13BrN2O/c1-8-6-7-13-11(15)14(8)10-5-3-2-4-9(10)12/h2-5,8H,6-7H2,1H3,(H,13,15). The smallest absolute Gasteiger partial charge is 0.322 e. The maximum atomic E-state index is 11.8. The molecule has 0 saturated carbocycles. The minimum Gasteiger partial charge on any atom is -0.338 e. The van der Waals surface area contributed by atoms with Gasteiger partial charge in [0.05, 0.1) is 5.69 Å². The van der Waals surface area contributed by atoms with Crippen LogP contribution < -0.4 is 10.2 Å². The van der Waals surface area contributed by atoms with Crippen LogP contribution in [0, 0.1) is 0 Å². The highest BCUT2D eigenvalue weighted by molar-refractivity contribution is 9.10. The molecular weight excluding hydrogens is 256 g/mol. The Morgan fingerprint density at radius 3 is 2.87 bits per heavy atom. The van der Waals surface area contributed by atoms with Crippen molar-refractivity contribution in [2.75, 3.05) is 11.4 Å². The van der Waals surface area contributed by atoms with Crippen LogP contribution in [0.25, 0.3) is 0 Å². The average molecular weight is 269 g/mol. The number of nitrogens with zero attached hydrogens (tertiary/aromatic N) is 1. The molecule has 1 aromatic carbocycles. The Labute approximate surface area is 97.6 Å². The van der Waals surface area contributed by atoms with E-state index in [1.54, 1.807) is 4.90 Å². The second-order valence-corrected chi connectivity index (χ2v) is 4.55. The number of anilines is 1. The summed E-state index contributed by atoms with van der Waals surface area (Å²) in [6, 6.07) is 8.02. The van der Waals surface area contributed by atoms with Crippen molar-refractivity contribution in [3.63, 3.8) is 0 Å². The van der Waals surface area contributed by atoms with E-state index in [9.17, 15) is 4.79 Å². The molecule has 1 aromatic rings. The molecule has 1 N–H and O–H groups in total. The van der Waals surface area contributed by atoms with Gasteiger partial charge in [0.1, 0.15) is 0 Å². The van der Waals surface area contributed by atoms with Crippen LogP contribution in [0.1, 0.15) is 13.3 Å². The van der Waals surface area contributed by atoms with Crippen LogP contribution in [0.15, 0.2) is 28.7 Å². The summed E-state index contributed by atoms with van der Waals surface area (Å²) in [5.41, 5.74) is 0.933. The predicted molar refractivity (Wildman–Crippen MR) is 64.1 cm³/mol. The first-order valence-corrected chi connectivity index (χ1v) is 5.81. The van der Waals surface area contributed by atoms with E-state index in [1.165, 1.54) is 0 Å². The molecule has 0 aromatic heterocycles. The van der Waals surface area contributed by atoms with Gasteiger partial charge in [-0.1, -0.05) is 12.1 Å². The van der Waals surface area contributed by atoms with Crippen molar-refractivity contribution in [1.29, 1.82) is 0 Å². The van der Waals surface area contributed by atoms with Crippen LogP contribution >= 0.6 is 15.9 Å². The molecule has 0 bridgehead atoms. The number of para-hydroxylation sites is 1. The van der Waals surface area contributed by atoms with E-state index in [1.807, 2.05) is 24.3 Å². The van der Waals surface area contributed by atoms with Crippen molar-refractivity contribution in [2.45, 2.75) is 19.4 Å².